The fourth-order valence-corrected chi connectivity index (χ4v) is 1.94. The van der Waals surface area contributed by atoms with Crippen LogP contribution in [-0.2, 0) is 6.18 Å². The minimum absolute atomic E-state index is 0.00339. The van der Waals surface area contributed by atoms with Crippen LogP contribution in [0.5, 0.6) is 5.75 Å². The summed E-state index contributed by atoms with van der Waals surface area (Å²) >= 11 is 6.07. The molecule has 0 unspecified atom stereocenters. The van der Waals surface area contributed by atoms with Gasteiger partial charge in [-0.05, 0) is 18.6 Å². The Kier molecular flexibility index (Phi) is 5.11. The molecule has 0 spiro atoms. The van der Waals surface area contributed by atoms with E-state index in [1.807, 2.05) is 0 Å². The molecule has 0 aromatic heterocycles. The van der Waals surface area contributed by atoms with E-state index < -0.39 is 11.7 Å². The maximum atomic E-state index is 12.7. The highest BCUT2D eigenvalue weighted by molar-refractivity contribution is 9.10. The quantitative estimate of drug-likeness (QED) is 0.561. The van der Waals surface area contributed by atoms with Gasteiger partial charge in [0.15, 0.2) is 0 Å². The van der Waals surface area contributed by atoms with Gasteiger partial charge in [0.25, 0.3) is 0 Å². The normalized spacial score (nSPS) is 11.6. The molecular weight excluding hydrogens is 353 g/mol. The molecule has 0 atom stereocenters. The van der Waals surface area contributed by atoms with Crippen molar-refractivity contribution < 1.29 is 17.9 Å². The van der Waals surface area contributed by atoms with Crippen LogP contribution in [0.3, 0.4) is 0 Å². The largest absolute Gasteiger partial charge is 0.493 e. The number of alkyl halides is 4. The Balaban J connectivity index is 2.95. The van der Waals surface area contributed by atoms with Crippen LogP contribution in [0.15, 0.2) is 22.7 Å². The van der Waals surface area contributed by atoms with Crippen LogP contribution in [0, 0.1) is 0 Å². The summed E-state index contributed by atoms with van der Waals surface area (Å²) in [6.45, 7) is 0.255. The molecule has 0 bridgehead atoms. The lowest BCUT2D eigenvalue weighted by molar-refractivity contribution is -0.139. The lowest BCUT2D eigenvalue weighted by Crippen LogP contribution is -2.10. The Morgan fingerprint density at radius 1 is 1.25 bits per heavy atom. The molecule has 0 saturated carbocycles. The Morgan fingerprint density at radius 2 is 1.94 bits per heavy atom. The monoisotopic (exact) mass is 360 g/mol. The summed E-state index contributed by atoms with van der Waals surface area (Å²) < 4.78 is 43.2. The van der Waals surface area contributed by atoms with Crippen LogP contribution in [0.1, 0.15) is 12.0 Å². The summed E-state index contributed by atoms with van der Waals surface area (Å²) in [7, 11) is 0. The summed E-state index contributed by atoms with van der Waals surface area (Å²) in [5.74, 6) is -0.136. The molecule has 0 fully saturated rings. The summed E-state index contributed by atoms with van der Waals surface area (Å²) in [5, 5.41) is 0.697. The fourth-order valence-electron chi connectivity index (χ4n) is 1.14. The first-order valence-corrected chi connectivity index (χ1v) is 6.42. The average Bonchev–Trinajstić information content (AvgIpc) is 2.16. The van der Waals surface area contributed by atoms with Crippen molar-refractivity contribution in [2.45, 2.75) is 12.6 Å². The Bertz CT molecular complexity index is 352. The van der Waals surface area contributed by atoms with Crippen molar-refractivity contribution in [3.05, 3.63) is 28.2 Å². The number of benzene rings is 1. The first-order valence-electron chi connectivity index (χ1n) is 4.51. The van der Waals surface area contributed by atoms with E-state index in [2.05, 4.69) is 31.9 Å². The maximum absolute atomic E-state index is 12.7. The molecule has 1 aromatic carbocycles. The summed E-state index contributed by atoms with van der Waals surface area (Å²) in [6, 6.07) is 4.19. The van der Waals surface area contributed by atoms with Crippen molar-refractivity contribution in [3.8, 4) is 5.75 Å². The molecule has 1 aromatic rings. The second-order valence-corrected chi connectivity index (χ2v) is 4.65. The molecule has 16 heavy (non-hydrogen) atoms. The highest BCUT2D eigenvalue weighted by Crippen LogP contribution is 2.40. The van der Waals surface area contributed by atoms with Crippen LogP contribution in [0.25, 0.3) is 0 Å². The van der Waals surface area contributed by atoms with E-state index in [-0.39, 0.29) is 16.8 Å². The lowest BCUT2D eigenvalue weighted by atomic mass is 10.2. The predicted octanol–water partition coefficient (Wildman–Crippen LogP) is 4.63. The van der Waals surface area contributed by atoms with Gasteiger partial charge in [0, 0.05) is 9.80 Å². The zero-order chi connectivity index (χ0) is 12.2. The van der Waals surface area contributed by atoms with Gasteiger partial charge in [-0.3, -0.25) is 0 Å². The van der Waals surface area contributed by atoms with E-state index in [9.17, 15) is 13.2 Å². The highest BCUT2D eigenvalue weighted by atomic mass is 79.9. The third kappa shape index (κ3) is 3.66. The van der Waals surface area contributed by atoms with Crippen molar-refractivity contribution in [1.82, 2.24) is 0 Å². The topological polar surface area (TPSA) is 9.23 Å². The molecule has 0 amide bonds. The number of hydrogen-bond donors (Lipinski definition) is 0. The third-order valence-corrected chi connectivity index (χ3v) is 3.02. The van der Waals surface area contributed by atoms with Gasteiger partial charge in [0.2, 0.25) is 0 Å². The second-order valence-electron chi connectivity index (χ2n) is 3.00. The van der Waals surface area contributed by atoms with E-state index in [0.29, 0.717) is 11.8 Å². The van der Waals surface area contributed by atoms with Crippen molar-refractivity contribution in [2.75, 3.05) is 11.9 Å². The molecule has 0 saturated heterocycles. The van der Waals surface area contributed by atoms with Crippen LogP contribution < -0.4 is 4.74 Å². The number of hydrogen-bond acceptors (Lipinski definition) is 1. The minimum Gasteiger partial charge on any atom is -0.493 e. The minimum atomic E-state index is -4.41. The van der Waals surface area contributed by atoms with Gasteiger partial charge in [0.1, 0.15) is 11.3 Å². The second kappa shape index (κ2) is 5.91. The fraction of sp³-hybridized carbons (Fsp3) is 0.400. The van der Waals surface area contributed by atoms with E-state index in [0.717, 1.165) is 0 Å². The summed E-state index contributed by atoms with van der Waals surface area (Å²) in [4.78, 5) is 0. The first kappa shape index (κ1) is 13.8. The van der Waals surface area contributed by atoms with E-state index in [1.54, 1.807) is 0 Å². The maximum Gasteiger partial charge on any atom is 0.421 e. The van der Waals surface area contributed by atoms with Crippen LogP contribution in [0.2, 0.25) is 0 Å². The van der Waals surface area contributed by atoms with Gasteiger partial charge in [-0.25, -0.2) is 0 Å². The van der Waals surface area contributed by atoms with Gasteiger partial charge < -0.3 is 4.74 Å². The van der Waals surface area contributed by atoms with Crippen molar-refractivity contribution >= 4 is 31.9 Å². The smallest absolute Gasteiger partial charge is 0.421 e. The molecule has 0 N–H and O–H groups in total. The molecule has 1 rings (SSSR count). The van der Waals surface area contributed by atoms with Crippen LogP contribution >= 0.6 is 31.9 Å². The molecule has 6 heteroatoms. The Labute approximate surface area is 108 Å². The van der Waals surface area contributed by atoms with Crippen LogP contribution in [-0.4, -0.2) is 11.9 Å². The first-order chi connectivity index (χ1) is 7.46. The Morgan fingerprint density at radius 3 is 2.50 bits per heavy atom. The zero-order valence-electron chi connectivity index (χ0n) is 8.15. The molecule has 0 radical (unpaired) electrons. The summed E-state index contributed by atoms with van der Waals surface area (Å²) in [5.41, 5.74) is -0.760. The average molecular weight is 362 g/mol. The molecule has 1 nitrogen and oxygen atoms in total. The number of rotatable bonds is 4. The molecule has 0 heterocycles. The van der Waals surface area contributed by atoms with E-state index in [1.165, 1.54) is 18.2 Å². The van der Waals surface area contributed by atoms with Gasteiger partial charge in [0.05, 0.1) is 6.61 Å². The van der Waals surface area contributed by atoms with E-state index in [4.69, 9.17) is 4.74 Å². The van der Waals surface area contributed by atoms with E-state index >= 15 is 0 Å². The van der Waals surface area contributed by atoms with Gasteiger partial charge in [-0.2, -0.15) is 13.2 Å². The third-order valence-electron chi connectivity index (χ3n) is 1.79. The van der Waals surface area contributed by atoms with Gasteiger partial charge in [-0.15, -0.1) is 0 Å². The van der Waals surface area contributed by atoms with Crippen molar-refractivity contribution in [1.29, 1.82) is 0 Å². The molecule has 0 aliphatic heterocycles. The van der Waals surface area contributed by atoms with Gasteiger partial charge in [-0.1, -0.05) is 37.9 Å². The van der Waals surface area contributed by atoms with Gasteiger partial charge >= 0.3 is 6.18 Å². The SMILES string of the molecule is FC(F)(F)c1c(Br)cccc1OCCCBr. The zero-order valence-corrected chi connectivity index (χ0v) is 11.3. The lowest BCUT2D eigenvalue weighted by Gasteiger charge is -2.15. The van der Waals surface area contributed by atoms with Crippen LogP contribution in [0.4, 0.5) is 13.2 Å². The highest BCUT2D eigenvalue weighted by Gasteiger charge is 2.36. The molecule has 0 aliphatic rings. The van der Waals surface area contributed by atoms with Crippen molar-refractivity contribution in [2.24, 2.45) is 0 Å². The molecule has 90 valence electrons. The Hall–Kier alpha value is -0.230. The standard InChI is InChI=1S/C10H9Br2F3O/c11-5-2-6-16-8-4-1-3-7(12)9(8)10(13,14)15/h1,3-4H,2,5-6H2. The number of ether oxygens (including phenoxy) is 1. The molecule has 0 aliphatic carbocycles. The van der Waals surface area contributed by atoms with Crippen molar-refractivity contribution in [3.63, 3.8) is 0 Å². The summed E-state index contributed by atoms with van der Waals surface area (Å²) in [6.07, 6.45) is -3.76. The predicted molar refractivity (Wildman–Crippen MR) is 63.1 cm³/mol. The molecular formula is C10H9Br2F3O. The number of halogens is 5.